The van der Waals surface area contributed by atoms with Crippen molar-refractivity contribution in [2.45, 2.75) is 31.7 Å². The minimum Gasteiger partial charge on any atom is -0.481 e. The second-order valence-corrected chi connectivity index (χ2v) is 7.91. The van der Waals surface area contributed by atoms with Gasteiger partial charge in [0.1, 0.15) is 16.8 Å². The second kappa shape index (κ2) is 8.39. The first-order valence-corrected chi connectivity index (χ1v) is 9.20. The largest absolute Gasteiger partial charge is 0.481 e. The number of carbonyl (C=O) groups excluding carboxylic acids is 1. The van der Waals surface area contributed by atoms with E-state index in [0.29, 0.717) is 0 Å². The molecule has 2 N–H and O–H groups in total. The van der Waals surface area contributed by atoms with Crippen LogP contribution in [0.1, 0.15) is 20.8 Å². The molecule has 2 unspecified atom stereocenters. The summed E-state index contributed by atoms with van der Waals surface area (Å²) in [5.74, 6) is -3.78. The van der Waals surface area contributed by atoms with Crippen molar-refractivity contribution in [1.29, 1.82) is 0 Å². The standard InChI is InChI=1S/C16H23FN2O5S/c1-10(2)14(15(20)19(4)9-11(3)16(21)22)18-25(23,24)13-8-6-5-7-12(13)17/h5-8,10-11,14,18H,9H2,1-4H3,(H,21,22). The second-order valence-electron chi connectivity index (χ2n) is 6.23. The van der Waals surface area contributed by atoms with E-state index in [2.05, 4.69) is 4.72 Å². The number of hydrogen-bond acceptors (Lipinski definition) is 4. The summed E-state index contributed by atoms with van der Waals surface area (Å²) in [6, 6.07) is 3.72. The summed E-state index contributed by atoms with van der Waals surface area (Å²) >= 11 is 0. The van der Waals surface area contributed by atoms with Gasteiger partial charge in [-0.05, 0) is 18.1 Å². The lowest BCUT2D eigenvalue weighted by atomic mass is 10.0. The molecular weight excluding hydrogens is 351 g/mol. The summed E-state index contributed by atoms with van der Waals surface area (Å²) in [6.07, 6.45) is 0. The highest BCUT2D eigenvalue weighted by Crippen LogP contribution is 2.16. The van der Waals surface area contributed by atoms with Gasteiger partial charge in [0.25, 0.3) is 0 Å². The monoisotopic (exact) mass is 374 g/mol. The Morgan fingerprint density at radius 2 is 1.80 bits per heavy atom. The van der Waals surface area contributed by atoms with Crippen LogP contribution in [-0.4, -0.2) is 49.9 Å². The molecule has 0 saturated carbocycles. The maximum Gasteiger partial charge on any atom is 0.308 e. The fourth-order valence-corrected chi connectivity index (χ4v) is 3.60. The number of sulfonamides is 1. The topological polar surface area (TPSA) is 104 Å². The van der Waals surface area contributed by atoms with Gasteiger partial charge in [0, 0.05) is 13.6 Å². The van der Waals surface area contributed by atoms with Crippen LogP contribution >= 0.6 is 0 Å². The Hall–Kier alpha value is -2.00. The number of rotatable bonds is 8. The first-order chi connectivity index (χ1) is 11.5. The third-order valence-corrected chi connectivity index (χ3v) is 5.16. The summed E-state index contributed by atoms with van der Waals surface area (Å²) in [4.78, 5) is 24.1. The highest BCUT2D eigenvalue weighted by atomic mass is 32.2. The van der Waals surface area contributed by atoms with Crippen molar-refractivity contribution in [3.63, 3.8) is 0 Å². The predicted octanol–water partition coefficient (Wildman–Crippen LogP) is 1.31. The van der Waals surface area contributed by atoms with Crippen molar-refractivity contribution in [3.05, 3.63) is 30.1 Å². The molecule has 0 bridgehead atoms. The molecule has 25 heavy (non-hydrogen) atoms. The van der Waals surface area contributed by atoms with Crippen molar-refractivity contribution < 1.29 is 27.5 Å². The molecule has 7 nitrogen and oxygen atoms in total. The van der Waals surface area contributed by atoms with E-state index >= 15 is 0 Å². The minimum absolute atomic E-state index is 0.0706. The Labute approximate surface area is 146 Å². The quantitative estimate of drug-likeness (QED) is 0.714. The van der Waals surface area contributed by atoms with Crippen LogP contribution in [0.2, 0.25) is 0 Å². The van der Waals surface area contributed by atoms with Gasteiger partial charge in [-0.1, -0.05) is 32.9 Å². The van der Waals surface area contributed by atoms with E-state index in [1.165, 1.54) is 26.1 Å². The van der Waals surface area contributed by atoms with Crippen LogP contribution < -0.4 is 4.72 Å². The smallest absolute Gasteiger partial charge is 0.308 e. The zero-order valence-corrected chi connectivity index (χ0v) is 15.4. The molecule has 9 heteroatoms. The van der Waals surface area contributed by atoms with E-state index in [0.717, 1.165) is 17.0 Å². The van der Waals surface area contributed by atoms with Gasteiger partial charge in [0.15, 0.2) is 0 Å². The molecule has 0 aliphatic rings. The first kappa shape index (κ1) is 21.0. The highest BCUT2D eigenvalue weighted by Gasteiger charge is 2.32. The highest BCUT2D eigenvalue weighted by molar-refractivity contribution is 7.89. The molecule has 0 aliphatic carbocycles. The average Bonchev–Trinajstić information content (AvgIpc) is 2.51. The lowest BCUT2D eigenvalue weighted by Gasteiger charge is -2.28. The third kappa shape index (κ3) is 5.50. The third-order valence-electron chi connectivity index (χ3n) is 3.69. The number of amides is 1. The summed E-state index contributed by atoms with van der Waals surface area (Å²) in [5.41, 5.74) is 0. The van der Waals surface area contributed by atoms with Crippen molar-refractivity contribution in [2.75, 3.05) is 13.6 Å². The molecule has 140 valence electrons. The van der Waals surface area contributed by atoms with E-state index < -0.39 is 50.5 Å². The van der Waals surface area contributed by atoms with Gasteiger partial charge in [-0.25, -0.2) is 12.8 Å². The number of aliphatic carboxylic acids is 1. The Kier molecular flexibility index (Phi) is 7.06. The van der Waals surface area contributed by atoms with E-state index in [-0.39, 0.29) is 6.54 Å². The van der Waals surface area contributed by atoms with Gasteiger partial charge < -0.3 is 10.0 Å². The number of carboxylic acids is 1. The summed E-state index contributed by atoms with van der Waals surface area (Å²) in [6.45, 7) is 4.65. The van der Waals surface area contributed by atoms with Crippen LogP contribution in [0.15, 0.2) is 29.2 Å². The average molecular weight is 374 g/mol. The van der Waals surface area contributed by atoms with Crippen LogP contribution in [0.25, 0.3) is 0 Å². The molecule has 0 fully saturated rings. The molecule has 2 atom stereocenters. The zero-order valence-electron chi connectivity index (χ0n) is 14.6. The van der Waals surface area contributed by atoms with Crippen LogP contribution in [-0.2, 0) is 19.6 Å². The summed E-state index contributed by atoms with van der Waals surface area (Å²) in [5, 5.41) is 8.93. The van der Waals surface area contributed by atoms with Gasteiger partial charge in [-0.3, -0.25) is 9.59 Å². The van der Waals surface area contributed by atoms with Crippen LogP contribution in [0, 0.1) is 17.7 Å². The maximum atomic E-state index is 13.8. The molecule has 0 spiro atoms. The number of hydrogen-bond donors (Lipinski definition) is 2. The SMILES string of the molecule is CC(CN(C)C(=O)C(NS(=O)(=O)c1ccccc1F)C(C)C)C(=O)O. The lowest BCUT2D eigenvalue weighted by molar-refractivity contribution is -0.143. The Balaban J connectivity index is 3.02. The van der Waals surface area contributed by atoms with Crippen molar-refractivity contribution >= 4 is 21.9 Å². The number of nitrogens with zero attached hydrogens (tertiary/aromatic N) is 1. The van der Waals surface area contributed by atoms with Crippen molar-refractivity contribution in [2.24, 2.45) is 11.8 Å². The van der Waals surface area contributed by atoms with Gasteiger partial charge in [0.05, 0.1) is 5.92 Å². The zero-order chi connectivity index (χ0) is 19.4. The fraction of sp³-hybridized carbons (Fsp3) is 0.500. The minimum atomic E-state index is -4.25. The molecule has 0 aliphatic heterocycles. The number of carboxylic acid groups (broad SMARTS) is 1. The molecule has 0 heterocycles. The molecule has 1 aromatic rings. The summed E-state index contributed by atoms with van der Waals surface area (Å²) < 4.78 is 40.8. The molecular formula is C16H23FN2O5S. The number of carbonyl (C=O) groups is 2. The van der Waals surface area contributed by atoms with Gasteiger partial charge >= 0.3 is 5.97 Å². The predicted molar refractivity (Wildman–Crippen MR) is 89.8 cm³/mol. The molecule has 0 aromatic heterocycles. The van der Waals surface area contributed by atoms with E-state index in [1.54, 1.807) is 13.8 Å². The van der Waals surface area contributed by atoms with E-state index in [4.69, 9.17) is 5.11 Å². The number of nitrogens with one attached hydrogen (secondary N) is 1. The Morgan fingerprint density at radius 3 is 2.28 bits per heavy atom. The van der Waals surface area contributed by atoms with E-state index in [1.807, 2.05) is 0 Å². The van der Waals surface area contributed by atoms with Crippen LogP contribution in [0.5, 0.6) is 0 Å². The van der Waals surface area contributed by atoms with Crippen LogP contribution in [0.3, 0.4) is 0 Å². The number of benzene rings is 1. The van der Waals surface area contributed by atoms with Crippen molar-refractivity contribution in [3.8, 4) is 0 Å². The molecule has 0 radical (unpaired) electrons. The molecule has 1 rings (SSSR count). The molecule has 1 aromatic carbocycles. The van der Waals surface area contributed by atoms with E-state index in [9.17, 15) is 22.4 Å². The lowest BCUT2D eigenvalue weighted by Crippen LogP contribution is -2.51. The fourth-order valence-electron chi connectivity index (χ4n) is 2.18. The van der Waals surface area contributed by atoms with Gasteiger partial charge in [0.2, 0.25) is 15.9 Å². The Bertz CT molecular complexity index is 736. The van der Waals surface area contributed by atoms with Crippen molar-refractivity contribution in [1.82, 2.24) is 9.62 Å². The maximum absolute atomic E-state index is 13.8. The molecule has 1 amide bonds. The van der Waals surface area contributed by atoms with Crippen LogP contribution in [0.4, 0.5) is 4.39 Å². The number of likely N-dealkylation sites (N-methyl/N-ethyl adjacent to an activating group) is 1. The Morgan fingerprint density at radius 1 is 1.24 bits per heavy atom. The first-order valence-electron chi connectivity index (χ1n) is 7.72. The van der Waals surface area contributed by atoms with Gasteiger partial charge in [-0.15, -0.1) is 0 Å². The summed E-state index contributed by atoms with van der Waals surface area (Å²) in [7, 11) is -2.85. The molecule has 0 saturated heterocycles. The van der Waals surface area contributed by atoms with Gasteiger partial charge in [-0.2, -0.15) is 4.72 Å². The normalized spacial score (nSPS) is 14.2. The number of halogens is 1.